The number of hydrazone groups is 1. The van der Waals surface area contributed by atoms with Crippen LogP contribution >= 0.6 is 11.3 Å². The maximum Gasteiger partial charge on any atom is 0.204 e. The molecule has 3 aromatic rings. The lowest BCUT2D eigenvalue weighted by Gasteiger charge is -1.99. The van der Waals surface area contributed by atoms with Crippen molar-refractivity contribution in [1.82, 2.24) is 9.97 Å². The molecule has 0 saturated heterocycles. The van der Waals surface area contributed by atoms with Crippen LogP contribution in [0.4, 0.5) is 5.13 Å². The molecule has 0 bridgehead atoms. The molecule has 2 heterocycles. The number of nitrogens with one attached hydrogen (secondary N) is 1. The number of fused-ring (bicyclic) bond motifs is 1. The van der Waals surface area contributed by atoms with Crippen LogP contribution in [0.1, 0.15) is 18.2 Å². The number of hydrogen-bond donors (Lipinski definition) is 1. The molecule has 0 amide bonds. The lowest BCUT2D eigenvalue weighted by atomic mass is 10.2. The standard InChI is InChI=1S/C15H14N4S/c1-10-6-7-14-13(9-10)17-15(20-14)19-18-11(2)12-5-3-4-8-16-12/h3-9H,1-2H3,(H,17,19). The van der Waals surface area contributed by atoms with Gasteiger partial charge in [0, 0.05) is 6.20 Å². The Hall–Kier alpha value is -2.27. The molecule has 1 N–H and O–H groups in total. The number of thiazole rings is 1. The Labute approximate surface area is 121 Å². The largest absolute Gasteiger partial charge is 0.255 e. The Morgan fingerprint density at radius 1 is 1.25 bits per heavy atom. The van der Waals surface area contributed by atoms with Crippen molar-refractivity contribution in [3.63, 3.8) is 0 Å². The summed E-state index contributed by atoms with van der Waals surface area (Å²) in [7, 11) is 0. The van der Waals surface area contributed by atoms with Crippen LogP contribution < -0.4 is 5.43 Å². The number of nitrogens with zero attached hydrogens (tertiary/aromatic N) is 3. The molecule has 5 heteroatoms. The van der Waals surface area contributed by atoms with Gasteiger partial charge in [-0.3, -0.25) is 10.4 Å². The summed E-state index contributed by atoms with van der Waals surface area (Å²) in [5.41, 5.74) is 6.91. The number of aromatic nitrogens is 2. The third-order valence-corrected chi connectivity index (χ3v) is 3.84. The Morgan fingerprint density at radius 2 is 2.15 bits per heavy atom. The summed E-state index contributed by atoms with van der Waals surface area (Å²) in [6.45, 7) is 3.99. The van der Waals surface area contributed by atoms with E-state index in [4.69, 9.17) is 0 Å². The first kappa shape index (κ1) is 12.7. The zero-order valence-electron chi connectivity index (χ0n) is 11.3. The highest BCUT2D eigenvalue weighted by Crippen LogP contribution is 2.26. The first-order chi connectivity index (χ1) is 9.72. The minimum atomic E-state index is 0.792. The summed E-state index contributed by atoms with van der Waals surface area (Å²) in [6, 6.07) is 12.0. The number of rotatable bonds is 3. The summed E-state index contributed by atoms with van der Waals surface area (Å²) in [4.78, 5) is 8.78. The van der Waals surface area contributed by atoms with Gasteiger partial charge in [0.05, 0.1) is 21.6 Å². The van der Waals surface area contributed by atoms with E-state index in [0.29, 0.717) is 0 Å². The Morgan fingerprint density at radius 3 is 2.95 bits per heavy atom. The summed E-state index contributed by atoms with van der Waals surface area (Å²) >= 11 is 1.59. The summed E-state index contributed by atoms with van der Waals surface area (Å²) in [5, 5.41) is 5.13. The minimum Gasteiger partial charge on any atom is -0.255 e. The van der Waals surface area contributed by atoms with E-state index in [9.17, 15) is 0 Å². The monoisotopic (exact) mass is 282 g/mol. The van der Waals surface area contributed by atoms with Crippen LogP contribution in [0, 0.1) is 6.92 Å². The van der Waals surface area contributed by atoms with Gasteiger partial charge in [0.1, 0.15) is 0 Å². The van der Waals surface area contributed by atoms with Crippen LogP contribution in [0.5, 0.6) is 0 Å². The molecule has 3 rings (SSSR count). The second-order valence-corrected chi connectivity index (χ2v) is 5.54. The van der Waals surface area contributed by atoms with E-state index in [1.807, 2.05) is 25.1 Å². The van der Waals surface area contributed by atoms with Crippen LogP contribution in [0.2, 0.25) is 0 Å². The molecule has 0 aliphatic heterocycles. The highest BCUT2D eigenvalue weighted by Gasteiger charge is 2.03. The number of anilines is 1. The van der Waals surface area contributed by atoms with Gasteiger partial charge in [-0.05, 0) is 43.7 Å². The lowest BCUT2D eigenvalue weighted by Crippen LogP contribution is -2.01. The van der Waals surface area contributed by atoms with Gasteiger partial charge >= 0.3 is 0 Å². The summed E-state index contributed by atoms with van der Waals surface area (Å²) < 4.78 is 1.16. The van der Waals surface area contributed by atoms with Gasteiger partial charge in [-0.15, -0.1) is 0 Å². The molecule has 1 aromatic carbocycles. The molecule has 4 nitrogen and oxygen atoms in total. The number of pyridine rings is 1. The van der Waals surface area contributed by atoms with E-state index in [2.05, 4.69) is 45.6 Å². The van der Waals surface area contributed by atoms with E-state index >= 15 is 0 Å². The molecule has 0 aliphatic rings. The smallest absolute Gasteiger partial charge is 0.204 e. The quantitative estimate of drug-likeness (QED) is 0.586. The van der Waals surface area contributed by atoms with Gasteiger partial charge < -0.3 is 0 Å². The second-order valence-electron chi connectivity index (χ2n) is 4.51. The van der Waals surface area contributed by atoms with Gasteiger partial charge in [0.15, 0.2) is 0 Å². The molecule has 0 fully saturated rings. The van der Waals surface area contributed by atoms with Gasteiger partial charge in [0.25, 0.3) is 0 Å². The molecule has 0 atom stereocenters. The molecule has 0 saturated carbocycles. The Balaban J connectivity index is 1.83. The average molecular weight is 282 g/mol. The molecule has 20 heavy (non-hydrogen) atoms. The molecule has 0 unspecified atom stereocenters. The molecule has 100 valence electrons. The average Bonchev–Trinajstić information content (AvgIpc) is 2.87. The third-order valence-electron chi connectivity index (χ3n) is 2.90. The van der Waals surface area contributed by atoms with Crippen molar-refractivity contribution in [2.75, 3.05) is 5.43 Å². The van der Waals surface area contributed by atoms with Crippen molar-refractivity contribution in [3.8, 4) is 0 Å². The lowest BCUT2D eigenvalue weighted by molar-refractivity contribution is 1.24. The SMILES string of the molecule is CC(=NNc1nc2cc(C)ccc2s1)c1ccccn1. The normalized spacial score (nSPS) is 11.8. The van der Waals surface area contributed by atoms with Crippen LogP contribution in [0.25, 0.3) is 10.2 Å². The van der Waals surface area contributed by atoms with Gasteiger partial charge in [-0.2, -0.15) is 5.10 Å². The molecule has 2 aromatic heterocycles. The summed E-state index contributed by atoms with van der Waals surface area (Å²) in [5.74, 6) is 0. The number of aryl methyl sites for hydroxylation is 1. The molecular weight excluding hydrogens is 268 g/mol. The predicted molar refractivity (Wildman–Crippen MR) is 84.4 cm³/mol. The van der Waals surface area contributed by atoms with E-state index in [1.165, 1.54) is 5.56 Å². The Bertz CT molecular complexity index is 762. The van der Waals surface area contributed by atoms with Crippen LogP contribution in [0.15, 0.2) is 47.7 Å². The molecular formula is C15H14N4S. The van der Waals surface area contributed by atoms with Gasteiger partial charge in [-0.25, -0.2) is 4.98 Å². The van der Waals surface area contributed by atoms with E-state index in [0.717, 1.165) is 26.8 Å². The van der Waals surface area contributed by atoms with Crippen molar-refractivity contribution in [1.29, 1.82) is 0 Å². The van der Waals surface area contributed by atoms with Crippen molar-refractivity contribution in [2.45, 2.75) is 13.8 Å². The maximum absolute atomic E-state index is 4.52. The van der Waals surface area contributed by atoms with Crippen molar-refractivity contribution >= 4 is 32.4 Å². The number of benzene rings is 1. The van der Waals surface area contributed by atoms with E-state index in [-0.39, 0.29) is 0 Å². The maximum atomic E-state index is 4.52. The van der Waals surface area contributed by atoms with Crippen molar-refractivity contribution < 1.29 is 0 Å². The van der Waals surface area contributed by atoms with E-state index < -0.39 is 0 Å². The first-order valence-electron chi connectivity index (χ1n) is 6.31. The Kier molecular flexibility index (Phi) is 3.43. The fraction of sp³-hybridized carbons (Fsp3) is 0.133. The minimum absolute atomic E-state index is 0.792. The zero-order chi connectivity index (χ0) is 13.9. The van der Waals surface area contributed by atoms with Crippen LogP contribution in [0.3, 0.4) is 0 Å². The first-order valence-corrected chi connectivity index (χ1v) is 7.13. The van der Waals surface area contributed by atoms with Gasteiger partial charge in [0.2, 0.25) is 5.13 Å². The van der Waals surface area contributed by atoms with Crippen molar-refractivity contribution in [2.24, 2.45) is 5.10 Å². The van der Waals surface area contributed by atoms with Crippen LogP contribution in [-0.4, -0.2) is 15.7 Å². The fourth-order valence-electron chi connectivity index (χ4n) is 1.85. The third kappa shape index (κ3) is 2.67. The van der Waals surface area contributed by atoms with Gasteiger partial charge in [-0.1, -0.05) is 23.5 Å². The fourth-order valence-corrected chi connectivity index (χ4v) is 2.64. The predicted octanol–water partition coefficient (Wildman–Crippen LogP) is 3.84. The zero-order valence-corrected chi connectivity index (χ0v) is 12.1. The van der Waals surface area contributed by atoms with Crippen molar-refractivity contribution in [3.05, 3.63) is 53.9 Å². The van der Waals surface area contributed by atoms with E-state index in [1.54, 1.807) is 17.5 Å². The molecule has 0 aliphatic carbocycles. The molecule has 0 spiro atoms. The topological polar surface area (TPSA) is 50.2 Å². The highest BCUT2D eigenvalue weighted by molar-refractivity contribution is 7.22. The highest BCUT2D eigenvalue weighted by atomic mass is 32.1. The molecule has 0 radical (unpaired) electrons. The summed E-state index contributed by atoms with van der Waals surface area (Å²) in [6.07, 6.45) is 1.76. The number of hydrogen-bond acceptors (Lipinski definition) is 5. The second kappa shape index (κ2) is 5.38. The van der Waals surface area contributed by atoms with Crippen LogP contribution in [-0.2, 0) is 0 Å².